The third-order valence-corrected chi connectivity index (χ3v) is 2.88. The maximum absolute atomic E-state index is 12.1. The lowest BCUT2D eigenvalue weighted by Gasteiger charge is -2.05. The molecular weight excluding hydrogens is 256 g/mol. The third kappa shape index (κ3) is 2.20. The fraction of sp³-hybridized carbons (Fsp3) is 0.154. The Morgan fingerprint density at radius 1 is 1.20 bits per heavy atom. The summed E-state index contributed by atoms with van der Waals surface area (Å²) in [5, 5.41) is 10.7. The highest BCUT2D eigenvalue weighted by Crippen LogP contribution is 2.10. The van der Waals surface area contributed by atoms with E-state index in [4.69, 9.17) is 0 Å². The van der Waals surface area contributed by atoms with Crippen molar-refractivity contribution in [2.45, 2.75) is 13.8 Å². The monoisotopic (exact) mass is 268 g/mol. The second kappa shape index (κ2) is 4.69. The van der Waals surface area contributed by atoms with Crippen molar-refractivity contribution in [3.8, 4) is 0 Å². The summed E-state index contributed by atoms with van der Waals surface area (Å²) < 4.78 is 1.81. The molecule has 0 bridgehead atoms. The van der Waals surface area contributed by atoms with Crippen LogP contribution in [0.4, 0.5) is 5.69 Å². The van der Waals surface area contributed by atoms with E-state index in [0.29, 0.717) is 22.7 Å². The minimum atomic E-state index is -0.236. The summed E-state index contributed by atoms with van der Waals surface area (Å²) in [5.41, 5.74) is 1.69. The number of nitrogens with zero attached hydrogens (tertiary/aromatic N) is 5. The van der Waals surface area contributed by atoms with E-state index < -0.39 is 0 Å². The van der Waals surface area contributed by atoms with Gasteiger partial charge in [-0.05, 0) is 26.0 Å². The van der Waals surface area contributed by atoms with E-state index in [-0.39, 0.29) is 5.91 Å². The quantitative estimate of drug-likeness (QED) is 0.759. The van der Waals surface area contributed by atoms with Crippen LogP contribution in [0.25, 0.3) is 5.65 Å². The van der Waals surface area contributed by atoms with Crippen molar-refractivity contribution in [3.05, 3.63) is 47.9 Å². The van der Waals surface area contributed by atoms with Crippen molar-refractivity contribution in [2.75, 3.05) is 5.32 Å². The van der Waals surface area contributed by atoms with Crippen molar-refractivity contribution in [1.82, 2.24) is 24.6 Å². The van der Waals surface area contributed by atoms with Gasteiger partial charge in [0.05, 0.1) is 18.1 Å². The highest BCUT2D eigenvalue weighted by atomic mass is 16.1. The molecule has 0 spiro atoms. The van der Waals surface area contributed by atoms with Gasteiger partial charge < -0.3 is 5.32 Å². The van der Waals surface area contributed by atoms with Crippen LogP contribution in [0, 0.1) is 13.8 Å². The number of anilines is 1. The summed E-state index contributed by atoms with van der Waals surface area (Å²) in [6.07, 6.45) is 4.91. The van der Waals surface area contributed by atoms with Crippen molar-refractivity contribution in [3.63, 3.8) is 0 Å². The van der Waals surface area contributed by atoms with Crippen LogP contribution in [-0.4, -0.2) is 30.5 Å². The summed E-state index contributed by atoms with van der Waals surface area (Å²) in [6.45, 7) is 3.64. The zero-order valence-electron chi connectivity index (χ0n) is 11.0. The number of pyridine rings is 1. The molecule has 0 atom stereocenters. The van der Waals surface area contributed by atoms with Crippen molar-refractivity contribution >= 4 is 17.2 Å². The molecule has 7 heteroatoms. The molecule has 7 nitrogen and oxygen atoms in total. The number of amides is 1. The van der Waals surface area contributed by atoms with Crippen LogP contribution in [0.5, 0.6) is 0 Å². The molecule has 3 aromatic rings. The molecule has 0 radical (unpaired) electrons. The maximum Gasteiger partial charge on any atom is 0.255 e. The number of carbonyl (C=O) groups is 1. The molecule has 3 aromatic heterocycles. The summed E-state index contributed by atoms with van der Waals surface area (Å²) in [7, 11) is 0. The Bertz CT molecular complexity index is 777. The molecule has 0 saturated carbocycles. The van der Waals surface area contributed by atoms with Crippen LogP contribution in [-0.2, 0) is 0 Å². The predicted octanol–water partition coefficient (Wildman–Crippen LogP) is 1.39. The summed E-state index contributed by atoms with van der Waals surface area (Å²) in [5.74, 6) is 1.20. The first-order valence-electron chi connectivity index (χ1n) is 6.05. The Hall–Kier alpha value is -2.83. The lowest BCUT2D eigenvalue weighted by molar-refractivity contribution is 0.102. The average molecular weight is 268 g/mol. The number of rotatable bonds is 2. The van der Waals surface area contributed by atoms with Crippen molar-refractivity contribution < 1.29 is 4.79 Å². The first-order chi connectivity index (χ1) is 9.63. The molecule has 0 fully saturated rings. The van der Waals surface area contributed by atoms with Gasteiger partial charge in [-0.1, -0.05) is 0 Å². The topological polar surface area (TPSA) is 85.1 Å². The standard InChI is InChI=1S/C13H12N6O/c1-8-14-6-11(7-15-8)16-13(20)10-3-4-19-9(2)17-18-12(19)5-10/h3-7H,1-2H3,(H,16,20). The zero-order valence-corrected chi connectivity index (χ0v) is 11.0. The van der Waals surface area contributed by atoms with Gasteiger partial charge in [0.2, 0.25) is 0 Å². The molecule has 3 rings (SSSR count). The number of aryl methyl sites for hydroxylation is 2. The fourth-order valence-electron chi connectivity index (χ4n) is 1.81. The number of fused-ring (bicyclic) bond motifs is 1. The summed E-state index contributed by atoms with van der Waals surface area (Å²) in [4.78, 5) is 20.2. The van der Waals surface area contributed by atoms with Crippen LogP contribution >= 0.6 is 0 Å². The van der Waals surface area contributed by atoms with Gasteiger partial charge >= 0.3 is 0 Å². The van der Waals surface area contributed by atoms with Crippen LogP contribution in [0.15, 0.2) is 30.7 Å². The predicted molar refractivity (Wildman–Crippen MR) is 72.4 cm³/mol. The van der Waals surface area contributed by atoms with Gasteiger partial charge in [0.1, 0.15) is 11.6 Å². The molecule has 0 aromatic carbocycles. The van der Waals surface area contributed by atoms with Crippen LogP contribution in [0.1, 0.15) is 22.0 Å². The zero-order chi connectivity index (χ0) is 14.1. The maximum atomic E-state index is 12.1. The van der Waals surface area contributed by atoms with Gasteiger partial charge in [-0.2, -0.15) is 0 Å². The van der Waals surface area contributed by atoms with E-state index in [1.807, 2.05) is 11.3 Å². The number of nitrogens with one attached hydrogen (secondary N) is 1. The molecule has 0 saturated heterocycles. The van der Waals surface area contributed by atoms with Gasteiger partial charge in [-0.15, -0.1) is 10.2 Å². The number of hydrogen-bond donors (Lipinski definition) is 1. The molecule has 0 aliphatic rings. The van der Waals surface area contributed by atoms with E-state index >= 15 is 0 Å². The lowest BCUT2D eigenvalue weighted by atomic mass is 10.2. The molecule has 20 heavy (non-hydrogen) atoms. The molecule has 1 N–H and O–H groups in total. The van der Waals surface area contributed by atoms with Gasteiger partial charge in [-0.3, -0.25) is 9.20 Å². The SMILES string of the molecule is Cc1ncc(NC(=O)c2ccn3c(C)nnc3c2)cn1. The number of aromatic nitrogens is 5. The molecule has 3 heterocycles. The molecule has 1 amide bonds. The van der Waals surface area contributed by atoms with E-state index in [1.54, 1.807) is 37.6 Å². The lowest BCUT2D eigenvalue weighted by Crippen LogP contribution is -2.12. The third-order valence-electron chi connectivity index (χ3n) is 2.88. The number of carbonyl (C=O) groups excluding carboxylic acids is 1. The second-order valence-corrected chi connectivity index (χ2v) is 4.36. The Kier molecular flexibility index (Phi) is 2.86. The highest BCUT2D eigenvalue weighted by Gasteiger charge is 2.09. The van der Waals surface area contributed by atoms with E-state index in [1.165, 1.54) is 0 Å². The normalized spacial score (nSPS) is 10.7. The largest absolute Gasteiger partial charge is 0.319 e. The van der Waals surface area contributed by atoms with Crippen LogP contribution in [0.2, 0.25) is 0 Å². The Labute approximate surface area is 114 Å². The van der Waals surface area contributed by atoms with Gasteiger partial charge in [0.15, 0.2) is 5.65 Å². The van der Waals surface area contributed by atoms with Crippen molar-refractivity contribution in [1.29, 1.82) is 0 Å². The van der Waals surface area contributed by atoms with E-state index in [2.05, 4.69) is 25.5 Å². The summed E-state index contributed by atoms with van der Waals surface area (Å²) >= 11 is 0. The molecular formula is C13H12N6O. The van der Waals surface area contributed by atoms with Gasteiger partial charge in [0.25, 0.3) is 5.91 Å². The molecule has 0 aliphatic heterocycles. The fourth-order valence-corrected chi connectivity index (χ4v) is 1.81. The van der Waals surface area contributed by atoms with Crippen LogP contribution in [0.3, 0.4) is 0 Å². The molecule has 0 unspecified atom stereocenters. The Balaban J connectivity index is 1.86. The minimum Gasteiger partial charge on any atom is -0.319 e. The molecule has 100 valence electrons. The van der Waals surface area contributed by atoms with Crippen LogP contribution < -0.4 is 5.32 Å². The minimum absolute atomic E-state index is 0.236. The summed E-state index contributed by atoms with van der Waals surface area (Å²) in [6, 6.07) is 3.40. The Morgan fingerprint density at radius 3 is 2.70 bits per heavy atom. The van der Waals surface area contributed by atoms with E-state index in [9.17, 15) is 4.79 Å². The van der Waals surface area contributed by atoms with E-state index in [0.717, 1.165) is 5.82 Å². The number of hydrogen-bond acceptors (Lipinski definition) is 5. The van der Waals surface area contributed by atoms with Gasteiger partial charge in [0, 0.05) is 11.8 Å². The average Bonchev–Trinajstić information content (AvgIpc) is 2.82. The van der Waals surface area contributed by atoms with Gasteiger partial charge in [-0.25, -0.2) is 9.97 Å². The molecule has 0 aliphatic carbocycles. The highest BCUT2D eigenvalue weighted by molar-refractivity contribution is 6.04. The Morgan fingerprint density at radius 2 is 1.95 bits per heavy atom. The smallest absolute Gasteiger partial charge is 0.255 e. The van der Waals surface area contributed by atoms with Crippen molar-refractivity contribution in [2.24, 2.45) is 0 Å². The first kappa shape index (κ1) is 12.2. The second-order valence-electron chi connectivity index (χ2n) is 4.36. The first-order valence-corrected chi connectivity index (χ1v) is 6.05.